The average Bonchev–Trinajstić information content (AvgIpc) is 2.18. The van der Waals surface area contributed by atoms with Gasteiger partial charge in [-0.25, -0.2) is 0 Å². The van der Waals surface area contributed by atoms with E-state index in [4.69, 9.17) is 9.84 Å². The number of rotatable bonds is 5. The minimum atomic E-state index is -0.836. The largest absolute Gasteiger partial charge is 0.493 e. The average molecular weight is 236 g/mol. The third-order valence-electron chi connectivity index (χ3n) is 2.42. The Kier molecular flexibility index (Phi) is 4.55. The fourth-order valence-electron chi connectivity index (χ4n) is 1.42. The molecule has 0 saturated heterocycles. The van der Waals surface area contributed by atoms with Crippen LogP contribution in [0, 0.1) is 5.41 Å². The van der Waals surface area contributed by atoms with Crippen molar-refractivity contribution in [2.24, 2.45) is 5.41 Å². The quantitative estimate of drug-likeness (QED) is 0.854. The van der Waals surface area contributed by atoms with Crippen molar-refractivity contribution >= 4 is 5.97 Å². The first kappa shape index (κ1) is 13.6. The summed E-state index contributed by atoms with van der Waals surface area (Å²) in [4.78, 5) is 10.7. The van der Waals surface area contributed by atoms with Gasteiger partial charge in [0.25, 0.3) is 0 Å². The highest BCUT2D eigenvalue weighted by Gasteiger charge is 2.11. The van der Waals surface area contributed by atoms with Gasteiger partial charge in [-0.05, 0) is 17.9 Å². The van der Waals surface area contributed by atoms with Gasteiger partial charge in [0, 0.05) is 5.56 Å². The monoisotopic (exact) mass is 236 g/mol. The van der Waals surface area contributed by atoms with E-state index in [-0.39, 0.29) is 11.8 Å². The molecule has 0 saturated carbocycles. The molecule has 17 heavy (non-hydrogen) atoms. The van der Waals surface area contributed by atoms with Crippen molar-refractivity contribution in [2.75, 3.05) is 6.61 Å². The van der Waals surface area contributed by atoms with Crippen LogP contribution in [0.15, 0.2) is 24.3 Å². The van der Waals surface area contributed by atoms with Crippen molar-refractivity contribution in [2.45, 2.75) is 33.6 Å². The van der Waals surface area contributed by atoms with Crippen LogP contribution in [0.2, 0.25) is 0 Å². The highest BCUT2D eigenvalue weighted by Crippen LogP contribution is 2.22. The number of carbonyl (C=O) groups is 1. The Hall–Kier alpha value is -1.51. The van der Waals surface area contributed by atoms with E-state index in [1.165, 1.54) is 0 Å². The summed E-state index contributed by atoms with van der Waals surface area (Å²) in [7, 11) is 0. The Morgan fingerprint density at radius 3 is 2.53 bits per heavy atom. The number of carboxylic acid groups (broad SMARTS) is 1. The van der Waals surface area contributed by atoms with Crippen LogP contribution in [0.25, 0.3) is 0 Å². The predicted molar refractivity (Wildman–Crippen MR) is 67.3 cm³/mol. The van der Waals surface area contributed by atoms with E-state index >= 15 is 0 Å². The van der Waals surface area contributed by atoms with E-state index in [0.29, 0.717) is 12.4 Å². The molecular weight excluding hydrogens is 216 g/mol. The number of ether oxygens (including phenoxy) is 1. The fourth-order valence-corrected chi connectivity index (χ4v) is 1.42. The minimum Gasteiger partial charge on any atom is -0.493 e. The molecule has 3 nitrogen and oxygen atoms in total. The van der Waals surface area contributed by atoms with Crippen LogP contribution in [0.4, 0.5) is 0 Å². The van der Waals surface area contributed by atoms with Gasteiger partial charge >= 0.3 is 5.97 Å². The Balaban J connectivity index is 2.61. The maximum atomic E-state index is 10.7. The lowest BCUT2D eigenvalue weighted by molar-refractivity contribution is -0.136. The summed E-state index contributed by atoms with van der Waals surface area (Å²) in [6.45, 7) is 7.07. The molecule has 0 aliphatic heterocycles. The second-order valence-corrected chi connectivity index (χ2v) is 5.34. The maximum Gasteiger partial charge on any atom is 0.307 e. The third kappa shape index (κ3) is 5.38. The van der Waals surface area contributed by atoms with Gasteiger partial charge in [0.15, 0.2) is 0 Å². The summed E-state index contributed by atoms with van der Waals surface area (Å²) in [5.74, 6) is -0.156. The van der Waals surface area contributed by atoms with Crippen LogP contribution in [-0.4, -0.2) is 17.7 Å². The molecule has 0 heterocycles. The van der Waals surface area contributed by atoms with Gasteiger partial charge in [0.05, 0.1) is 13.0 Å². The SMILES string of the molecule is CC(C)(C)CCOc1ccccc1CC(=O)O. The lowest BCUT2D eigenvalue weighted by Crippen LogP contribution is -2.12. The lowest BCUT2D eigenvalue weighted by atomic mass is 9.93. The molecule has 0 amide bonds. The molecule has 0 fully saturated rings. The molecule has 1 aromatic rings. The molecule has 0 unspecified atom stereocenters. The van der Waals surface area contributed by atoms with E-state index in [0.717, 1.165) is 12.0 Å². The molecule has 1 rings (SSSR count). The van der Waals surface area contributed by atoms with Gasteiger partial charge in [-0.15, -0.1) is 0 Å². The lowest BCUT2D eigenvalue weighted by Gasteiger charge is -2.18. The Labute approximate surface area is 102 Å². The van der Waals surface area contributed by atoms with Crippen molar-refractivity contribution < 1.29 is 14.6 Å². The van der Waals surface area contributed by atoms with Crippen LogP contribution in [0.3, 0.4) is 0 Å². The number of para-hydroxylation sites is 1. The molecule has 1 N–H and O–H groups in total. The molecule has 0 atom stereocenters. The zero-order chi connectivity index (χ0) is 12.9. The van der Waals surface area contributed by atoms with Crippen molar-refractivity contribution in [3.05, 3.63) is 29.8 Å². The summed E-state index contributed by atoms with van der Waals surface area (Å²) in [6.07, 6.45) is 0.945. The van der Waals surface area contributed by atoms with Gasteiger partial charge in [-0.2, -0.15) is 0 Å². The molecular formula is C14H20O3. The number of carboxylic acids is 1. The molecule has 0 spiro atoms. The number of benzene rings is 1. The van der Waals surface area contributed by atoms with E-state index < -0.39 is 5.97 Å². The molecule has 0 bridgehead atoms. The zero-order valence-electron chi connectivity index (χ0n) is 10.7. The fraction of sp³-hybridized carbons (Fsp3) is 0.500. The van der Waals surface area contributed by atoms with Gasteiger partial charge in [-0.1, -0.05) is 39.0 Å². The third-order valence-corrected chi connectivity index (χ3v) is 2.42. The van der Waals surface area contributed by atoms with Gasteiger partial charge in [-0.3, -0.25) is 4.79 Å². The molecule has 0 radical (unpaired) electrons. The second-order valence-electron chi connectivity index (χ2n) is 5.34. The molecule has 94 valence electrons. The number of hydrogen-bond acceptors (Lipinski definition) is 2. The van der Waals surface area contributed by atoms with Gasteiger partial charge in [0.2, 0.25) is 0 Å². The normalized spacial score (nSPS) is 11.2. The highest BCUT2D eigenvalue weighted by molar-refractivity contribution is 5.71. The van der Waals surface area contributed by atoms with E-state index in [2.05, 4.69) is 20.8 Å². The van der Waals surface area contributed by atoms with E-state index in [1.807, 2.05) is 18.2 Å². The van der Waals surface area contributed by atoms with E-state index in [1.54, 1.807) is 6.07 Å². The van der Waals surface area contributed by atoms with Crippen LogP contribution in [-0.2, 0) is 11.2 Å². The topological polar surface area (TPSA) is 46.5 Å². The van der Waals surface area contributed by atoms with Crippen molar-refractivity contribution in [3.8, 4) is 5.75 Å². The van der Waals surface area contributed by atoms with Gasteiger partial charge in [0.1, 0.15) is 5.75 Å². The maximum absolute atomic E-state index is 10.7. The van der Waals surface area contributed by atoms with Crippen LogP contribution >= 0.6 is 0 Å². The molecule has 0 aromatic heterocycles. The Morgan fingerprint density at radius 2 is 1.94 bits per heavy atom. The summed E-state index contributed by atoms with van der Waals surface area (Å²) >= 11 is 0. The van der Waals surface area contributed by atoms with Crippen molar-refractivity contribution in [3.63, 3.8) is 0 Å². The van der Waals surface area contributed by atoms with Crippen LogP contribution in [0.1, 0.15) is 32.8 Å². The van der Waals surface area contributed by atoms with Crippen molar-refractivity contribution in [1.29, 1.82) is 0 Å². The van der Waals surface area contributed by atoms with Crippen LogP contribution < -0.4 is 4.74 Å². The van der Waals surface area contributed by atoms with Crippen LogP contribution in [0.5, 0.6) is 5.75 Å². The smallest absolute Gasteiger partial charge is 0.307 e. The molecule has 1 aromatic carbocycles. The first-order valence-corrected chi connectivity index (χ1v) is 5.81. The van der Waals surface area contributed by atoms with E-state index in [9.17, 15) is 4.79 Å². The summed E-state index contributed by atoms with van der Waals surface area (Å²) < 4.78 is 5.65. The number of hydrogen-bond donors (Lipinski definition) is 1. The van der Waals surface area contributed by atoms with Gasteiger partial charge < -0.3 is 9.84 Å². The number of aliphatic carboxylic acids is 1. The summed E-state index contributed by atoms with van der Waals surface area (Å²) in [6, 6.07) is 7.30. The molecule has 0 aliphatic rings. The van der Waals surface area contributed by atoms with Crippen molar-refractivity contribution in [1.82, 2.24) is 0 Å². The standard InChI is InChI=1S/C14H20O3/c1-14(2,3)8-9-17-12-7-5-4-6-11(12)10-13(15)16/h4-7H,8-10H2,1-3H3,(H,15,16). The summed E-state index contributed by atoms with van der Waals surface area (Å²) in [5.41, 5.74) is 0.954. The summed E-state index contributed by atoms with van der Waals surface area (Å²) in [5, 5.41) is 8.79. The highest BCUT2D eigenvalue weighted by atomic mass is 16.5. The Morgan fingerprint density at radius 1 is 1.29 bits per heavy atom. The second kappa shape index (κ2) is 5.71. The predicted octanol–water partition coefficient (Wildman–Crippen LogP) is 3.13. The first-order valence-electron chi connectivity index (χ1n) is 5.81. The minimum absolute atomic E-state index is 0.00565. The molecule has 3 heteroatoms. The molecule has 0 aliphatic carbocycles. The first-order chi connectivity index (χ1) is 7.88. The zero-order valence-corrected chi connectivity index (χ0v) is 10.7. The Bertz CT molecular complexity index is 377.